The molecule has 1 fully saturated rings. The van der Waals surface area contributed by atoms with E-state index in [1.807, 2.05) is 37.7 Å². The zero-order valence-electron chi connectivity index (χ0n) is 14.5. The molecule has 5 heteroatoms. The Morgan fingerprint density at radius 3 is 2.70 bits per heavy atom. The first-order valence-corrected chi connectivity index (χ1v) is 9.50. The number of nitrogens with one attached hydrogen (secondary N) is 2. The lowest BCUT2D eigenvalue weighted by Crippen LogP contribution is -2.46. The van der Waals surface area contributed by atoms with E-state index in [0.717, 1.165) is 16.8 Å². The molecule has 3 nitrogen and oxygen atoms in total. The third-order valence-electron chi connectivity index (χ3n) is 4.58. The van der Waals surface area contributed by atoms with Gasteiger partial charge in [-0.25, -0.2) is 4.39 Å². The minimum atomic E-state index is -0.305. The van der Waals surface area contributed by atoms with Crippen LogP contribution < -0.4 is 10.6 Å². The molecule has 2 atom stereocenters. The Kier molecular flexibility index (Phi) is 6.33. The standard InChI is InChI=1S/C18H28FN3S/c1-18(2,15-7-5-6-8-16(15)19)12-21-17(20-3)22-13-9-10-14(11-13)23-4/h5-8,13-14H,9-12H2,1-4H3,(H2,20,21,22). The average Bonchev–Trinajstić information content (AvgIpc) is 2.99. The van der Waals surface area contributed by atoms with Crippen molar-refractivity contribution in [1.82, 2.24) is 10.6 Å². The van der Waals surface area contributed by atoms with Crippen LogP contribution in [0.3, 0.4) is 0 Å². The van der Waals surface area contributed by atoms with Crippen LogP contribution in [0.2, 0.25) is 0 Å². The molecule has 0 radical (unpaired) electrons. The van der Waals surface area contributed by atoms with Crippen LogP contribution in [0.1, 0.15) is 38.7 Å². The van der Waals surface area contributed by atoms with Gasteiger partial charge in [0, 0.05) is 30.3 Å². The number of hydrogen-bond acceptors (Lipinski definition) is 2. The normalized spacial score (nSPS) is 22.2. The Morgan fingerprint density at radius 2 is 2.09 bits per heavy atom. The molecule has 1 aromatic rings. The van der Waals surface area contributed by atoms with E-state index in [1.165, 1.54) is 25.3 Å². The van der Waals surface area contributed by atoms with Gasteiger partial charge in [0.1, 0.15) is 5.82 Å². The van der Waals surface area contributed by atoms with Gasteiger partial charge in [-0.05, 0) is 37.1 Å². The Balaban J connectivity index is 1.91. The van der Waals surface area contributed by atoms with E-state index in [2.05, 4.69) is 21.9 Å². The molecule has 0 aromatic heterocycles. The summed E-state index contributed by atoms with van der Waals surface area (Å²) in [4.78, 5) is 4.32. The Bertz CT molecular complexity index is 545. The summed E-state index contributed by atoms with van der Waals surface area (Å²) >= 11 is 1.95. The first kappa shape index (κ1) is 18.1. The SMILES string of the molecule is CN=C(NCC(C)(C)c1ccccc1F)NC1CCC(SC)C1. The number of guanidine groups is 1. The summed E-state index contributed by atoms with van der Waals surface area (Å²) in [6.07, 6.45) is 5.80. The molecular weight excluding hydrogens is 309 g/mol. The lowest BCUT2D eigenvalue weighted by Gasteiger charge is -2.28. The average molecular weight is 338 g/mol. The summed E-state index contributed by atoms with van der Waals surface area (Å²) in [5.41, 5.74) is 0.423. The van der Waals surface area contributed by atoms with Gasteiger partial charge in [0.2, 0.25) is 0 Å². The Hall–Kier alpha value is -1.23. The van der Waals surface area contributed by atoms with Gasteiger partial charge in [-0.3, -0.25) is 4.99 Å². The molecule has 2 N–H and O–H groups in total. The third-order valence-corrected chi connectivity index (χ3v) is 5.68. The van der Waals surface area contributed by atoms with E-state index in [0.29, 0.717) is 12.6 Å². The van der Waals surface area contributed by atoms with E-state index >= 15 is 0 Å². The van der Waals surface area contributed by atoms with Crippen LogP contribution in [0.4, 0.5) is 4.39 Å². The third kappa shape index (κ3) is 4.87. The smallest absolute Gasteiger partial charge is 0.191 e. The highest BCUT2D eigenvalue weighted by Crippen LogP contribution is 2.28. The van der Waals surface area contributed by atoms with Crippen LogP contribution >= 0.6 is 11.8 Å². The summed E-state index contributed by atoms with van der Waals surface area (Å²) < 4.78 is 14.0. The summed E-state index contributed by atoms with van der Waals surface area (Å²) in [6.45, 7) is 4.72. The van der Waals surface area contributed by atoms with Gasteiger partial charge in [0.15, 0.2) is 5.96 Å². The van der Waals surface area contributed by atoms with E-state index in [4.69, 9.17) is 0 Å². The molecule has 1 aliphatic carbocycles. The van der Waals surface area contributed by atoms with E-state index in [9.17, 15) is 4.39 Å². The highest BCUT2D eigenvalue weighted by atomic mass is 32.2. The van der Waals surface area contributed by atoms with Crippen molar-refractivity contribution in [3.05, 3.63) is 35.6 Å². The van der Waals surface area contributed by atoms with Crippen molar-refractivity contribution >= 4 is 17.7 Å². The van der Waals surface area contributed by atoms with Crippen molar-refractivity contribution in [3.8, 4) is 0 Å². The lowest BCUT2D eigenvalue weighted by atomic mass is 9.84. The number of halogens is 1. The van der Waals surface area contributed by atoms with Gasteiger partial charge in [-0.15, -0.1) is 0 Å². The molecule has 1 saturated carbocycles. The maximum Gasteiger partial charge on any atom is 0.191 e. The van der Waals surface area contributed by atoms with Crippen molar-refractivity contribution < 1.29 is 4.39 Å². The molecule has 128 valence electrons. The van der Waals surface area contributed by atoms with Gasteiger partial charge in [-0.2, -0.15) is 11.8 Å². The molecule has 1 aromatic carbocycles. The highest BCUT2D eigenvalue weighted by molar-refractivity contribution is 7.99. The Labute approximate surface area is 143 Å². The second-order valence-electron chi connectivity index (χ2n) is 6.80. The second kappa shape index (κ2) is 8.04. The maximum atomic E-state index is 14.0. The van der Waals surface area contributed by atoms with Crippen molar-refractivity contribution in [2.75, 3.05) is 19.8 Å². The number of nitrogens with zero attached hydrogens (tertiary/aromatic N) is 1. The fraction of sp³-hybridized carbons (Fsp3) is 0.611. The number of thioether (sulfide) groups is 1. The monoisotopic (exact) mass is 337 g/mol. The summed E-state index contributed by atoms with van der Waals surface area (Å²) in [7, 11) is 1.78. The van der Waals surface area contributed by atoms with Crippen molar-refractivity contribution in [3.63, 3.8) is 0 Å². The molecule has 0 heterocycles. The van der Waals surface area contributed by atoms with E-state index in [1.54, 1.807) is 13.1 Å². The zero-order chi connectivity index (χ0) is 16.9. The van der Waals surface area contributed by atoms with Gasteiger partial charge in [-0.1, -0.05) is 32.0 Å². The lowest BCUT2D eigenvalue weighted by molar-refractivity contribution is 0.470. The predicted octanol–water partition coefficient (Wildman–Crippen LogP) is 3.55. The fourth-order valence-electron chi connectivity index (χ4n) is 3.08. The number of aliphatic imine (C=N–C) groups is 1. The van der Waals surface area contributed by atoms with Gasteiger partial charge in [0.25, 0.3) is 0 Å². The summed E-state index contributed by atoms with van der Waals surface area (Å²) in [5.74, 6) is 0.655. The van der Waals surface area contributed by atoms with E-state index < -0.39 is 0 Å². The maximum absolute atomic E-state index is 14.0. The molecule has 0 aliphatic heterocycles. The van der Waals surface area contributed by atoms with Gasteiger partial charge >= 0.3 is 0 Å². The zero-order valence-corrected chi connectivity index (χ0v) is 15.3. The van der Waals surface area contributed by atoms with Crippen LogP contribution in [0.25, 0.3) is 0 Å². The van der Waals surface area contributed by atoms with Crippen LogP contribution in [0.5, 0.6) is 0 Å². The Morgan fingerprint density at radius 1 is 1.35 bits per heavy atom. The molecule has 2 unspecified atom stereocenters. The second-order valence-corrected chi connectivity index (χ2v) is 7.94. The van der Waals surface area contributed by atoms with Crippen LogP contribution in [0, 0.1) is 5.82 Å². The quantitative estimate of drug-likeness (QED) is 0.637. The molecule has 2 rings (SSSR count). The topological polar surface area (TPSA) is 36.4 Å². The molecule has 1 aliphatic rings. The van der Waals surface area contributed by atoms with E-state index in [-0.39, 0.29) is 11.2 Å². The van der Waals surface area contributed by atoms with Crippen molar-refractivity contribution in [1.29, 1.82) is 0 Å². The molecular formula is C18H28FN3S. The van der Waals surface area contributed by atoms with Gasteiger partial charge in [0.05, 0.1) is 0 Å². The van der Waals surface area contributed by atoms with Crippen LogP contribution in [-0.4, -0.2) is 37.1 Å². The fourth-order valence-corrected chi connectivity index (χ4v) is 3.88. The molecule has 23 heavy (non-hydrogen) atoms. The van der Waals surface area contributed by atoms with Crippen LogP contribution in [-0.2, 0) is 5.41 Å². The number of hydrogen-bond donors (Lipinski definition) is 2. The van der Waals surface area contributed by atoms with Crippen LogP contribution in [0.15, 0.2) is 29.3 Å². The largest absolute Gasteiger partial charge is 0.356 e. The summed E-state index contributed by atoms with van der Waals surface area (Å²) in [6, 6.07) is 7.47. The molecule has 0 spiro atoms. The molecule has 0 amide bonds. The predicted molar refractivity (Wildman–Crippen MR) is 98.9 cm³/mol. The molecule has 0 bridgehead atoms. The minimum Gasteiger partial charge on any atom is -0.356 e. The number of rotatable bonds is 5. The first-order valence-electron chi connectivity index (χ1n) is 8.21. The number of benzene rings is 1. The first-order chi connectivity index (χ1) is 11.0. The van der Waals surface area contributed by atoms with Crippen molar-refractivity contribution in [2.45, 2.75) is 49.8 Å². The minimum absolute atomic E-state index is 0.152. The summed E-state index contributed by atoms with van der Waals surface area (Å²) in [5, 5.41) is 7.61. The van der Waals surface area contributed by atoms with Gasteiger partial charge < -0.3 is 10.6 Å². The molecule has 0 saturated heterocycles. The van der Waals surface area contributed by atoms with Crippen molar-refractivity contribution in [2.24, 2.45) is 4.99 Å². The highest BCUT2D eigenvalue weighted by Gasteiger charge is 2.26.